The Kier molecular flexibility index (Phi) is 2.72. The first-order valence-electron chi connectivity index (χ1n) is 5.24. The van der Waals surface area contributed by atoms with Crippen LogP contribution in [0.4, 0.5) is 5.69 Å². The third-order valence-corrected chi connectivity index (χ3v) is 2.61. The van der Waals surface area contributed by atoms with Crippen LogP contribution in [-0.4, -0.2) is 0 Å². The van der Waals surface area contributed by atoms with E-state index in [1.165, 1.54) is 16.7 Å². The summed E-state index contributed by atoms with van der Waals surface area (Å²) in [4.78, 5) is 0. The summed E-state index contributed by atoms with van der Waals surface area (Å²) >= 11 is 0. The molecule has 1 heteroatoms. The topological polar surface area (TPSA) is 26.0 Å². The number of nitrogens with two attached hydrogens (primary N) is 1. The van der Waals surface area contributed by atoms with Gasteiger partial charge in [-0.2, -0.15) is 0 Å². The molecule has 0 amide bonds. The van der Waals surface area contributed by atoms with E-state index in [4.69, 9.17) is 5.73 Å². The molecule has 0 radical (unpaired) electrons. The summed E-state index contributed by atoms with van der Waals surface area (Å²) in [5.41, 5.74) is 10.3. The van der Waals surface area contributed by atoms with Gasteiger partial charge in [-0.15, -0.1) is 0 Å². The molecule has 0 spiro atoms. The predicted molar refractivity (Wildman–Crippen MR) is 65.7 cm³/mol. The van der Waals surface area contributed by atoms with Crippen molar-refractivity contribution in [3.05, 3.63) is 54.1 Å². The molecule has 0 aliphatic heterocycles. The summed E-state index contributed by atoms with van der Waals surface area (Å²) in [7, 11) is 0. The van der Waals surface area contributed by atoms with Crippen LogP contribution in [0.25, 0.3) is 11.1 Å². The molecule has 76 valence electrons. The fourth-order valence-corrected chi connectivity index (χ4v) is 1.61. The lowest BCUT2D eigenvalue weighted by molar-refractivity contribution is 1.14. The molecular weight excluding hydrogens is 182 g/mol. The maximum Gasteiger partial charge on any atom is 0.0314 e. The second-order valence-corrected chi connectivity index (χ2v) is 3.67. The number of hydrogen-bond acceptors (Lipinski definition) is 1. The van der Waals surface area contributed by atoms with Crippen LogP contribution in [0, 0.1) is 0 Å². The van der Waals surface area contributed by atoms with Crippen molar-refractivity contribution in [2.75, 3.05) is 5.73 Å². The van der Waals surface area contributed by atoms with E-state index in [0.717, 1.165) is 12.1 Å². The molecular formula is C14H15N. The molecule has 0 saturated carbocycles. The van der Waals surface area contributed by atoms with Gasteiger partial charge in [0.25, 0.3) is 0 Å². The Morgan fingerprint density at radius 2 is 1.27 bits per heavy atom. The molecule has 0 atom stereocenters. The highest BCUT2D eigenvalue weighted by atomic mass is 14.5. The third kappa shape index (κ3) is 2.18. The summed E-state index contributed by atoms with van der Waals surface area (Å²) < 4.78 is 0. The van der Waals surface area contributed by atoms with Crippen LogP contribution in [0.2, 0.25) is 0 Å². The van der Waals surface area contributed by atoms with Crippen LogP contribution in [0.1, 0.15) is 12.5 Å². The van der Waals surface area contributed by atoms with Gasteiger partial charge in [-0.3, -0.25) is 0 Å². The molecule has 2 aromatic carbocycles. The third-order valence-electron chi connectivity index (χ3n) is 2.61. The minimum atomic E-state index is 0.809. The Morgan fingerprint density at radius 3 is 1.73 bits per heavy atom. The molecule has 0 unspecified atom stereocenters. The maximum absolute atomic E-state index is 5.65. The quantitative estimate of drug-likeness (QED) is 0.733. The number of aryl methyl sites for hydroxylation is 1. The Labute approximate surface area is 90.6 Å². The number of anilines is 1. The zero-order valence-corrected chi connectivity index (χ0v) is 8.90. The van der Waals surface area contributed by atoms with E-state index >= 15 is 0 Å². The van der Waals surface area contributed by atoms with Crippen LogP contribution in [0.15, 0.2) is 48.5 Å². The average molecular weight is 197 g/mol. The second kappa shape index (κ2) is 4.18. The maximum atomic E-state index is 5.65. The van der Waals surface area contributed by atoms with E-state index < -0.39 is 0 Å². The predicted octanol–water partition coefficient (Wildman–Crippen LogP) is 3.50. The number of benzene rings is 2. The fourth-order valence-electron chi connectivity index (χ4n) is 1.61. The van der Waals surface area contributed by atoms with Crippen molar-refractivity contribution < 1.29 is 0 Å². The van der Waals surface area contributed by atoms with Gasteiger partial charge < -0.3 is 5.73 Å². The average Bonchev–Trinajstić information content (AvgIpc) is 2.30. The van der Waals surface area contributed by atoms with Crippen LogP contribution in [0.3, 0.4) is 0 Å². The Balaban J connectivity index is 2.33. The van der Waals surface area contributed by atoms with Crippen molar-refractivity contribution >= 4 is 5.69 Å². The largest absolute Gasteiger partial charge is 0.399 e. The smallest absolute Gasteiger partial charge is 0.0314 e. The van der Waals surface area contributed by atoms with E-state index in [1.807, 2.05) is 12.1 Å². The van der Waals surface area contributed by atoms with Gasteiger partial charge >= 0.3 is 0 Å². The van der Waals surface area contributed by atoms with Crippen molar-refractivity contribution in [3.63, 3.8) is 0 Å². The fraction of sp³-hybridized carbons (Fsp3) is 0.143. The standard InChI is InChI=1S/C14H15N/c1-2-11-3-5-12(6-4-11)13-7-9-14(15)10-8-13/h3-10H,2,15H2,1H3. The highest BCUT2D eigenvalue weighted by Gasteiger charge is 1.96. The highest BCUT2D eigenvalue weighted by molar-refractivity contribution is 5.65. The molecule has 0 aliphatic carbocycles. The van der Waals surface area contributed by atoms with Crippen molar-refractivity contribution in [1.29, 1.82) is 0 Å². The summed E-state index contributed by atoms with van der Waals surface area (Å²) in [6.07, 6.45) is 1.09. The lowest BCUT2D eigenvalue weighted by Crippen LogP contribution is -1.84. The number of nitrogen functional groups attached to an aromatic ring is 1. The Hall–Kier alpha value is -1.76. The highest BCUT2D eigenvalue weighted by Crippen LogP contribution is 2.20. The van der Waals surface area contributed by atoms with Crippen LogP contribution < -0.4 is 5.73 Å². The monoisotopic (exact) mass is 197 g/mol. The minimum absolute atomic E-state index is 0.809. The first-order valence-corrected chi connectivity index (χ1v) is 5.24. The molecule has 0 saturated heterocycles. The van der Waals surface area contributed by atoms with E-state index in [2.05, 4.69) is 43.3 Å². The summed E-state index contributed by atoms with van der Waals surface area (Å²) in [6, 6.07) is 16.6. The lowest BCUT2D eigenvalue weighted by atomic mass is 10.0. The molecule has 2 N–H and O–H groups in total. The zero-order chi connectivity index (χ0) is 10.7. The van der Waals surface area contributed by atoms with Gasteiger partial charge in [-0.1, -0.05) is 43.3 Å². The van der Waals surface area contributed by atoms with Gasteiger partial charge in [0.05, 0.1) is 0 Å². The first-order chi connectivity index (χ1) is 7.29. The van der Waals surface area contributed by atoms with Crippen LogP contribution in [-0.2, 0) is 6.42 Å². The molecule has 1 nitrogen and oxygen atoms in total. The Morgan fingerprint density at radius 1 is 0.800 bits per heavy atom. The van der Waals surface area contributed by atoms with Crippen LogP contribution >= 0.6 is 0 Å². The molecule has 2 rings (SSSR count). The van der Waals surface area contributed by atoms with E-state index in [1.54, 1.807) is 0 Å². The van der Waals surface area contributed by atoms with Gasteiger partial charge in [0.2, 0.25) is 0 Å². The molecule has 2 aromatic rings. The summed E-state index contributed by atoms with van der Waals surface area (Å²) in [5.74, 6) is 0. The van der Waals surface area contributed by atoms with Crippen molar-refractivity contribution in [3.8, 4) is 11.1 Å². The van der Waals surface area contributed by atoms with E-state index in [9.17, 15) is 0 Å². The molecule has 0 aromatic heterocycles. The summed E-state index contributed by atoms with van der Waals surface area (Å²) in [5, 5.41) is 0. The molecule has 0 bridgehead atoms. The SMILES string of the molecule is CCc1ccc(-c2ccc(N)cc2)cc1. The van der Waals surface area contributed by atoms with Gasteiger partial charge in [0, 0.05) is 5.69 Å². The van der Waals surface area contributed by atoms with Crippen molar-refractivity contribution in [2.24, 2.45) is 0 Å². The molecule has 0 aliphatic rings. The van der Waals surface area contributed by atoms with Gasteiger partial charge in [-0.05, 0) is 35.2 Å². The molecule has 0 heterocycles. The lowest BCUT2D eigenvalue weighted by Gasteiger charge is -2.03. The van der Waals surface area contributed by atoms with Crippen LogP contribution in [0.5, 0.6) is 0 Å². The van der Waals surface area contributed by atoms with Crippen molar-refractivity contribution in [2.45, 2.75) is 13.3 Å². The minimum Gasteiger partial charge on any atom is -0.399 e. The Bertz CT molecular complexity index is 426. The van der Waals surface area contributed by atoms with Gasteiger partial charge in [0.15, 0.2) is 0 Å². The zero-order valence-electron chi connectivity index (χ0n) is 8.90. The second-order valence-electron chi connectivity index (χ2n) is 3.67. The molecule has 15 heavy (non-hydrogen) atoms. The number of hydrogen-bond donors (Lipinski definition) is 1. The molecule has 0 fully saturated rings. The van der Waals surface area contributed by atoms with Gasteiger partial charge in [-0.25, -0.2) is 0 Å². The summed E-state index contributed by atoms with van der Waals surface area (Å²) in [6.45, 7) is 2.16. The normalized spacial score (nSPS) is 10.2. The first kappa shape index (κ1) is 9.78. The van der Waals surface area contributed by atoms with E-state index in [0.29, 0.717) is 0 Å². The van der Waals surface area contributed by atoms with Gasteiger partial charge in [0.1, 0.15) is 0 Å². The van der Waals surface area contributed by atoms with Crippen molar-refractivity contribution in [1.82, 2.24) is 0 Å². The number of rotatable bonds is 2. The van der Waals surface area contributed by atoms with E-state index in [-0.39, 0.29) is 0 Å².